The molecule has 0 aliphatic rings. The fourth-order valence-corrected chi connectivity index (χ4v) is 1.19. The van der Waals surface area contributed by atoms with Gasteiger partial charge in [0.15, 0.2) is 6.61 Å². The van der Waals surface area contributed by atoms with E-state index >= 15 is 0 Å². The van der Waals surface area contributed by atoms with Crippen molar-refractivity contribution in [3.63, 3.8) is 0 Å². The van der Waals surface area contributed by atoms with E-state index in [-0.39, 0.29) is 18.6 Å². The largest absolute Gasteiger partial charge is 0.484 e. The highest BCUT2D eigenvalue weighted by Gasteiger charge is 2.04. The van der Waals surface area contributed by atoms with Crippen molar-refractivity contribution >= 4 is 5.91 Å². The molecule has 0 bridgehead atoms. The van der Waals surface area contributed by atoms with Crippen molar-refractivity contribution in [1.29, 1.82) is 0 Å². The first-order chi connectivity index (χ1) is 7.59. The van der Waals surface area contributed by atoms with Crippen LogP contribution < -0.4 is 15.8 Å². The van der Waals surface area contributed by atoms with Crippen LogP contribution in [-0.4, -0.2) is 25.1 Å². The molecule has 0 aliphatic heterocycles. The van der Waals surface area contributed by atoms with Gasteiger partial charge in [-0.3, -0.25) is 4.79 Å². The third kappa shape index (κ3) is 4.31. The lowest BCUT2D eigenvalue weighted by atomic mass is 10.2. The number of para-hydroxylation sites is 1. The molecule has 4 heteroatoms. The van der Waals surface area contributed by atoms with Gasteiger partial charge in [-0.25, -0.2) is 0 Å². The average Bonchev–Trinajstić information content (AvgIpc) is 2.25. The van der Waals surface area contributed by atoms with Crippen molar-refractivity contribution in [2.45, 2.75) is 19.9 Å². The maximum absolute atomic E-state index is 11.3. The van der Waals surface area contributed by atoms with Crippen molar-refractivity contribution in [1.82, 2.24) is 5.32 Å². The minimum Gasteiger partial charge on any atom is -0.484 e. The Labute approximate surface area is 95.8 Å². The molecule has 1 amide bonds. The number of carbonyl (C=O) groups excluding carboxylic acids is 1. The Morgan fingerprint density at radius 3 is 2.81 bits per heavy atom. The summed E-state index contributed by atoms with van der Waals surface area (Å²) in [6, 6.07) is 7.55. The van der Waals surface area contributed by atoms with E-state index in [1.807, 2.05) is 38.1 Å². The summed E-state index contributed by atoms with van der Waals surface area (Å²) in [6.45, 7) is 4.27. The Morgan fingerprint density at radius 1 is 1.50 bits per heavy atom. The third-order valence-electron chi connectivity index (χ3n) is 2.07. The van der Waals surface area contributed by atoms with E-state index in [9.17, 15) is 4.79 Å². The maximum Gasteiger partial charge on any atom is 0.257 e. The zero-order chi connectivity index (χ0) is 12.0. The summed E-state index contributed by atoms with van der Waals surface area (Å²) in [6.07, 6.45) is 0. The van der Waals surface area contributed by atoms with Gasteiger partial charge in [-0.05, 0) is 25.5 Å². The summed E-state index contributed by atoms with van der Waals surface area (Å²) in [5.74, 6) is 0.582. The van der Waals surface area contributed by atoms with Gasteiger partial charge in [0.25, 0.3) is 5.91 Å². The number of carbonyl (C=O) groups is 1. The minimum atomic E-state index is -0.152. The molecule has 1 rings (SSSR count). The third-order valence-corrected chi connectivity index (χ3v) is 2.07. The van der Waals surface area contributed by atoms with Crippen molar-refractivity contribution in [2.75, 3.05) is 13.2 Å². The Hall–Kier alpha value is -1.55. The molecule has 1 aromatic rings. The van der Waals surface area contributed by atoms with Gasteiger partial charge in [-0.1, -0.05) is 18.2 Å². The molecular weight excluding hydrogens is 204 g/mol. The number of amides is 1. The number of nitrogens with two attached hydrogens (primary N) is 1. The highest BCUT2D eigenvalue weighted by Crippen LogP contribution is 2.15. The van der Waals surface area contributed by atoms with Crippen LogP contribution in [0.3, 0.4) is 0 Å². The smallest absolute Gasteiger partial charge is 0.257 e. The molecule has 0 aliphatic carbocycles. The van der Waals surface area contributed by atoms with E-state index in [1.165, 1.54) is 0 Å². The second-order valence-electron chi connectivity index (χ2n) is 3.84. The molecule has 0 fully saturated rings. The molecule has 1 aromatic carbocycles. The van der Waals surface area contributed by atoms with E-state index in [0.717, 1.165) is 11.3 Å². The molecule has 0 radical (unpaired) electrons. The quantitative estimate of drug-likeness (QED) is 0.776. The first kappa shape index (κ1) is 12.5. The Morgan fingerprint density at radius 2 is 2.19 bits per heavy atom. The summed E-state index contributed by atoms with van der Waals surface area (Å²) in [4.78, 5) is 11.3. The molecule has 0 spiro atoms. The standard InChI is InChI=1S/C12H18N2O2/c1-9-5-3-4-6-11(9)16-8-12(15)14-7-10(2)13/h3-6,10H,7-8,13H2,1-2H3,(H,14,15). The van der Waals surface area contributed by atoms with Gasteiger partial charge in [-0.2, -0.15) is 0 Å². The molecule has 0 saturated carbocycles. The van der Waals surface area contributed by atoms with Gasteiger partial charge >= 0.3 is 0 Å². The summed E-state index contributed by atoms with van der Waals surface area (Å²) in [5, 5.41) is 2.68. The molecular formula is C12H18N2O2. The monoisotopic (exact) mass is 222 g/mol. The van der Waals surface area contributed by atoms with Crippen molar-refractivity contribution in [3.05, 3.63) is 29.8 Å². The first-order valence-electron chi connectivity index (χ1n) is 5.30. The highest BCUT2D eigenvalue weighted by atomic mass is 16.5. The highest BCUT2D eigenvalue weighted by molar-refractivity contribution is 5.77. The molecule has 0 saturated heterocycles. The summed E-state index contributed by atoms with van der Waals surface area (Å²) >= 11 is 0. The molecule has 4 nitrogen and oxygen atoms in total. The van der Waals surface area contributed by atoms with Crippen molar-refractivity contribution < 1.29 is 9.53 Å². The van der Waals surface area contributed by atoms with Crippen LogP contribution in [0.4, 0.5) is 0 Å². The molecule has 3 N–H and O–H groups in total. The van der Waals surface area contributed by atoms with Crippen molar-refractivity contribution in [3.8, 4) is 5.75 Å². The fraction of sp³-hybridized carbons (Fsp3) is 0.417. The van der Waals surface area contributed by atoms with E-state index < -0.39 is 0 Å². The number of aryl methyl sites for hydroxylation is 1. The number of ether oxygens (including phenoxy) is 1. The van der Waals surface area contributed by atoms with Gasteiger partial charge in [0.1, 0.15) is 5.75 Å². The number of benzene rings is 1. The lowest BCUT2D eigenvalue weighted by molar-refractivity contribution is -0.123. The summed E-state index contributed by atoms with van der Waals surface area (Å²) in [7, 11) is 0. The molecule has 0 heterocycles. The van der Waals surface area contributed by atoms with Gasteiger partial charge < -0.3 is 15.8 Å². The molecule has 88 valence electrons. The van der Waals surface area contributed by atoms with Crippen LogP contribution in [0.1, 0.15) is 12.5 Å². The van der Waals surface area contributed by atoms with Crippen LogP contribution in [0, 0.1) is 6.92 Å². The van der Waals surface area contributed by atoms with E-state index in [0.29, 0.717) is 6.54 Å². The van der Waals surface area contributed by atoms with Gasteiger partial charge in [0.2, 0.25) is 0 Å². The van der Waals surface area contributed by atoms with Crippen LogP contribution in [0.15, 0.2) is 24.3 Å². The predicted molar refractivity (Wildman–Crippen MR) is 63.3 cm³/mol. The SMILES string of the molecule is Cc1ccccc1OCC(=O)NCC(C)N. The Balaban J connectivity index is 2.35. The summed E-state index contributed by atoms with van der Waals surface area (Å²) < 4.78 is 5.38. The zero-order valence-electron chi connectivity index (χ0n) is 9.69. The second-order valence-corrected chi connectivity index (χ2v) is 3.84. The van der Waals surface area contributed by atoms with Crippen LogP contribution >= 0.6 is 0 Å². The van der Waals surface area contributed by atoms with E-state index in [4.69, 9.17) is 10.5 Å². The maximum atomic E-state index is 11.3. The van der Waals surface area contributed by atoms with E-state index in [2.05, 4.69) is 5.32 Å². The lowest BCUT2D eigenvalue weighted by Crippen LogP contribution is -2.37. The molecule has 16 heavy (non-hydrogen) atoms. The number of hydrogen-bond donors (Lipinski definition) is 2. The topological polar surface area (TPSA) is 64.3 Å². The van der Waals surface area contributed by atoms with Crippen LogP contribution in [0.25, 0.3) is 0 Å². The minimum absolute atomic E-state index is 0.0254. The molecule has 1 atom stereocenters. The lowest BCUT2D eigenvalue weighted by Gasteiger charge is -2.10. The Kier molecular flexibility index (Phi) is 4.79. The fourth-order valence-electron chi connectivity index (χ4n) is 1.19. The number of rotatable bonds is 5. The molecule has 1 unspecified atom stereocenters. The van der Waals surface area contributed by atoms with Gasteiger partial charge in [0.05, 0.1) is 0 Å². The van der Waals surface area contributed by atoms with Crippen LogP contribution in [0.5, 0.6) is 5.75 Å². The average molecular weight is 222 g/mol. The van der Waals surface area contributed by atoms with Gasteiger partial charge in [-0.15, -0.1) is 0 Å². The van der Waals surface area contributed by atoms with Crippen LogP contribution in [-0.2, 0) is 4.79 Å². The normalized spacial score (nSPS) is 11.9. The van der Waals surface area contributed by atoms with Crippen LogP contribution in [0.2, 0.25) is 0 Å². The van der Waals surface area contributed by atoms with E-state index in [1.54, 1.807) is 0 Å². The van der Waals surface area contributed by atoms with Gasteiger partial charge in [0, 0.05) is 12.6 Å². The second kappa shape index (κ2) is 6.12. The summed E-state index contributed by atoms with van der Waals surface area (Å²) in [5.41, 5.74) is 6.53. The number of hydrogen-bond acceptors (Lipinski definition) is 3. The first-order valence-corrected chi connectivity index (χ1v) is 5.30. The Bertz CT molecular complexity index is 351. The predicted octanol–water partition coefficient (Wildman–Crippen LogP) is 0.837. The molecule has 0 aromatic heterocycles. The number of nitrogens with one attached hydrogen (secondary N) is 1. The zero-order valence-corrected chi connectivity index (χ0v) is 9.69. The van der Waals surface area contributed by atoms with Crippen molar-refractivity contribution in [2.24, 2.45) is 5.73 Å².